The third-order valence-electron chi connectivity index (χ3n) is 5.23. The summed E-state index contributed by atoms with van der Waals surface area (Å²) in [7, 11) is 0. The molecule has 7 nitrogen and oxygen atoms in total. The summed E-state index contributed by atoms with van der Waals surface area (Å²) in [5.41, 5.74) is 1.61. The van der Waals surface area contributed by atoms with E-state index in [2.05, 4.69) is 10.6 Å². The first-order chi connectivity index (χ1) is 13.5. The fourth-order valence-electron chi connectivity index (χ4n) is 3.97. The Hall–Kier alpha value is -3.66. The zero-order valence-corrected chi connectivity index (χ0v) is 15.1. The largest absolute Gasteiger partial charge is 0.325 e. The Morgan fingerprint density at radius 3 is 2.86 bits per heavy atom. The molecule has 1 atom stereocenters. The van der Waals surface area contributed by atoms with E-state index in [-0.39, 0.29) is 6.54 Å². The Bertz CT molecular complexity index is 1030. The fourth-order valence-corrected chi connectivity index (χ4v) is 3.97. The minimum atomic E-state index is -1.09. The second-order valence-electron chi connectivity index (χ2n) is 6.98. The summed E-state index contributed by atoms with van der Waals surface area (Å²) in [6, 6.07) is 15.5. The Labute approximate surface area is 161 Å². The number of urea groups is 1. The Balaban J connectivity index is 1.54. The van der Waals surface area contributed by atoms with Gasteiger partial charge in [0.2, 0.25) is 5.91 Å². The third-order valence-corrected chi connectivity index (χ3v) is 5.23. The minimum Gasteiger partial charge on any atom is -0.324 e. The number of imide groups is 1. The van der Waals surface area contributed by atoms with Crippen molar-refractivity contribution in [2.45, 2.75) is 24.8 Å². The molecule has 1 saturated heterocycles. The summed E-state index contributed by atoms with van der Waals surface area (Å²) in [5.74, 6) is -0.898. The van der Waals surface area contributed by atoms with Gasteiger partial charge in [0.25, 0.3) is 5.91 Å². The molecule has 0 unspecified atom stereocenters. The molecule has 1 fully saturated rings. The number of rotatable bonds is 3. The molecular formula is C21H18N4O3. The van der Waals surface area contributed by atoms with Crippen LogP contribution in [0.15, 0.2) is 48.5 Å². The van der Waals surface area contributed by atoms with E-state index in [1.54, 1.807) is 18.2 Å². The van der Waals surface area contributed by atoms with Crippen molar-refractivity contribution in [2.24, 2.45) is 0 Å². The van der Waals surface area contributed by atoms with Crippen molar-refractivity contribution in [3.8, 4) is 6.07 Å². The molecule has 28 heavy (non-hydrogen) atoms. The standard InChI is InChI=1S/C21H18N4O3/c22-12-14-5-3-8-16(11-14)23-18(26)13-25-19(27)21(24-20(25)28)10-4-7-15-6-1-2-9-17(15)21/h1-3,5-6,8-9,11H,4,7,10,13H2,(H,23,26)(H,24,28)/t21-/m1/s1. The Morgan fingerprint density at radius 1 is 1.21 bits per heavy atom. The number of nitriles is 1. The molecule has 2 N–H and O–H groups in total. The summed E-state index contributed by atoms with van der Waals surface area (Å²) in [5, 5.41) is 14.4. The van der Waals surface area contributed by atoms with Gasteiger partial charge in [-0.2, -0.15) is 5.26 Å². The molecule has 7 heteroatoms. The Morgan fingerprint density at radius 2 is 2.04 bits per heavy atom. The first-order valence-corrected chi connectivity index (χ1v) is 9.06. The number of nitrogens with one attached hydrogen (secondary N) is 2. The summed E-state index contributed by atoms with van der Waals surface area (Å²) in [6.45, 7) is -0.384. The first-order valence-electron chi connectivity index (χ1n) is 9.06. The van der Waals surface area contributed by atoms with Gasteiger partial charge in [-0.25, -0.2) is 4.79 Å². The molecule has 0 bridgehead atoms. The van der Waals surface area contributed by atoms with Crippen LogP contribution in [0, 0.1) is 11.3 Å². The summed E-state index contributed by atoms with van der Waals surface area (Å²) in [4.78, 5) is 39.1. The number of carbonyl (C=O) groups excluding carboxylic acids is 3. The van der Waals surface area contributed by atoms with Crippen molar-refractivity contribution in [3.05, 3.63) is 65.2 Å². The number of hydrogen-bond acceptors (Lipinski definition) is 4. The van der Waals surface area contributed by atoms with Gasteiger partial charge in [-0.3, -0.25) is 14.5 Å². The SMILES string of the molecule is N#Cc1cccc(NC(=O)CN2C(=O)N[C@@]3(CCCc4ccccc43)C2=O)c1. The fraction of sp³-hybridized carbons (Fsp3) is 0.238. The summed E-state index contributed by atoms with van der Waals surface area (Å²) in [6.07, 6.45) is 2.15. The predicted molar refractivity (Wildman–Crippen MR) is 101 cm³/mol. The van der Waals surface area contributed by atoms with Crippen molar-refractivity contribution >= 4 is 23.5 Å². The Kier molecular flexibility index (Phi) is 4.32. The highest BCUT2D eigenvalue weighted by atomic mass is 16.2. The lowest BCUT2D eigenvalue weighted by molar-refractivity contribution is -0.134. The maximum atomic E-state index is 13.2. The smallest absolute Gasteiger partial charge is 0.324 e. The highest BCUT2D eigenvalue weighted by molar-refractivity contribution is 6.10. The second kappa shape index (κ2) is 6.82. The van der Waals surface area contributed by atoms with Crippen molar-refractivity contribution < 1.29 is 14.4 Å². The molecular weight excluding hydrogens is 356 g/mol. The van der Waals surface area contributed by atoms with Gasteiger partial charge in [-0.1, -0.05) is 30.3 Å². The molecule has 140 valence electrons. The lowest BCUT2D eigenvalue weighted by Gasteiger charge is -2.33. The van der Waals surface area contributed by atoms with Crippen LogP contribution in [0.5, 0.6) is 0 Å². The molecule has 2 aromatic carbocycles. The van der Waals surface area contributed by atoms with Gasteiger partial charge in [0, 0.05) is 5.69 Å². The van der Waals surface area contributed by atoms with E-state index in [0.29, 0.717) is 17.7 Å². The van der Waals surface area contributed by atoms with Crippen LogP contribution in [-0.4, -0.2) is 29.3 Å². The number of fused-ring (bicyclic) bond motifs is 2. The van der Waals surface area contributed by atoms with Gasteiger partial charge in [-0.15, -0.1) is 0 Å². The van der Waals surface area contributed by atoms with Crippen molar-refractivity contribution in [2.75, 3.05) is 11.9 Å². The molecule has 1 heterocycles. The van der Waals surface area contributed by atoms with Gasteiger partial charge < -0.3 is 10.6 Å². The number of aryl methyl sites for hydroxylation is 1. The molecule has 4 amide bonds. The molecule has 1 aliphatic heterocycles. The highest BCUT2D eigenvalue weighted by Gasteiger charge is 2.54. The molecule has 0 aromatic heterocycles. The topological polar surface area (TPSA) is 102 Å². The van der Waals surface area contributed by atoms with Gasteiger partial charge in [0.1, 0.15) is 12.1 Å². The number of amides is 4. The minimum absolute atomic E-state index is 0.384. The van der Waals surface area contributed by atoms with Crippen molar-refractivity contribution in [3.63, 3.8) is 0 Å². The average molecular weight is 374 g/mol. The average Bonchev–Trinajstić information content (AvgIpc) is 2.93. The molecule has 0 radical (unpaired) electrons. The maximum absolute atomic E-state index is 13.2. The zero-order valence-electron chi connectivity index (χ0n) is 15.1. The first kappa shape index (κ1) is 17.7. The summed E-state index contributed by atoms with van der Waals surface area (Å²) >= 11 is 0. The van der Waals surface area contributed by atoms with Gasteiger partial charge in [0.15, 0.2) is 0 Å². The molecule has 0 saturated carbocycles. The van der Waals surface area contributed by atoms with E-state index in [0.717, 1.165) is 28.9 Å². The number of anilines is 1. The zero-order chi connectivity index (χ0) is 19.7. The number of carbonyl (C=O) groups is 3. The van der Waals surface area contributed by atoms with E-state index < -0.39 is 23.4 Å². The molecule has 2 aromatic rings. The quantitative estimate of drug-likeness (QED) is 0.805. The van der Waals surface area contributed by atoms with Crippen LogP contribution in [0.4, 0.5) is 10.5 Å². The van der Waals surface area contributed by atoms with Crippen molar-refractivity contribution in [1.82, 2.24) is 10.2 Å². The van der Waals surface area contributed by atoms with Crippen LogP contribution >= 0.6 is 0 Å². The van der Waals surface area contributed by atoms with Gasteiger partial charge in [0.05, 0.1) is 11.6 Å². The number of nitrogens with zero attached hydrogens (tertiary/aromatic N) is 2. The van der Waals surface area contributed by atoms with E-state index in [1.807, 2.05) is 30.3 Å². The summed E-state index contributed by atoms with van der Waals surface area (Å²) < 4.78 is 0. The predicted octanol–water partition coefficient (Wildman–Crippen LogP) is 2.28. The van der Waals surface area contributed by atoms with E-state index >= 15 is 0 Å². The van der Waals surface area contributed by atoms with E-state index in [9.17, 15) is 14.4 Å². The number of hydrogen-bond donors (Lipinski definition) is 2. The van der Waals surface area contributed by atoms with E-state index in [4.69, 9.17) is 5.26 Å². The molecule has 4 rings (SSSR count). The normalized spacial score (nSPS) is 20.5. The third kappa shape index (κ3) is 2.89. The highest BCUT2D eigenvalue weighted by Crippen LogP contribution is 2.39. The molecule has 1 spiro atoms. The van der Waals surface area contributed by atoms with E-state index in [1.165, 1.54) is 6.07 Å². The lowest BCUT2D eigenvalue weighted by atomic mass is 9.76. The monoisotopic (exact) mass is 374 g/mol. The van der Waals surface area contributed by atoms with Crippen LogP contribution in [0.3, 0.4) is 0 Å². The molecule has 1 aliphatic carbocycles. The second-order valence-corrected chi connectivity index (χ2v) is 6.98. The molecule has 2 aliphatic rings. The van der Waals surface area contributed by atoms with Crippen LogP contribution in [0.1, 0.15) is 29.5 Å². The van der Waals surface area contributed by atoms with Gasteiger partial charge in [-0.05, 0) is 48.6 Å². The van der Waals surface area contributed by atoms with Crippen molar-refractivity contribution in [1.29, 1.82) is 5.26 Å². The van der Waals surface area contributed by atoms with Gasteiger partial charge >= 0.3 is 6.03 Å². The van der Waals surface area contributed by atoms with Crippen LogP contribution in [-0.2, 0) is 21.5 Å². The lowest BCUT2D eigenvalue weighted by Crippen LogP contribution is -2.47. The van der Waals surface area contributed by atoms with Crippen LogP contribution in [0.25, 0.3) is 0 Å². The van der Waals surface area contributed by atoms with Crippen LogP contribution in [0.2, 0.25) is 0 Å². The van der Waals surface area contributed by atoms with Crippen LogP contribution < -0.4 is 10.6 Å². The number of benzene rings is 2. The maximum Gasteiger partial charge on any atom is 0.325 e.